The first-order valence-electron chi connectivity index (χ1n) is 9.24. The zero-order valence-electron chi connectivity index (χ0n) is 16.1. The van der Waals surface area contributed by atoms with Crippen LogP contribution in [0.3, 0.4) is 0 Å². The zero-order valence-corrected chi connectivity index (χ0v) is 16.1. The summed E-state index contributed by atoms with van der Waals surface area (Å²) >= 11 is 0. The summed E-state index contributed by atoms with van der Waals surface area (Å²) < 4.78 is 0. The lowest BCUT2D eigenvalue weighted by Gasteiger charge is -2.46. The fourth-order valence-corrected chi connectivity index (χ4v) is 4.48. The fourth-order valence-electron chi connectivity index (χ4n) is 4.48. The van der Waals surface area contributed by atoms with E-state index in [1.807, 2.05) is 12.1 Å². The van der Waals surface area contributed by atoms with Gasteiger partial charge in [-0.25, -0.2) is 0 Å². The molecule has 134 valence electrons. The molecule has 26 heavy (non-hydrogen) atoms. The van der Waals surface area contributed by atoms with Gasteiger partial charge in [0, 0.05) is 5.92 Å². The van der Waals surface area contributed by atoms with Crippen LogP contribution in [0, 0.1) is 0 Å². The van der Waals surface area contributed by atoms with Crippen LogP contribution < -0.4 is 0 Å². The molecule has 0 aliphatic rings. The lowest BCUT2D eigenvalue weighted by molar-refractivity contribution is 0.275. The Bertz CT molecular complexity index is 796. The Hall–Kier alpha value is -2.54. The third-order valence-corrected chi connectivity index (χ3v) is 5.73. The molecule has 0 fully saturated rings. The highest BCUT2D eigenvalue weighted by atomic mass is 16.3. The third-order valence-electron chi connectivity index (χ3n) is 5.73. The van der Waals surface area contributed by atoms with Crippen molar-refractivity contribution in [2.24, 2.45) is 0 Å². The van der Waals surface area contributed by atoms with Crippen molar-refractivity contribution in [2.75, 3.05) is 0 Å². The Morgan fingerprint density at radius 2 is 0.962 bits per heavy atom. The highest BCUT2D eigenvalue weighted by Gasteiger charge is 2.44. The number of para-hydroxylation sites is 1. The van der Waals surface area contributed by atoms with E-state index in [0.29, 0.717) is 5.75 Å². The van der Waals surface area contributed by atoms with E-state index in [0.717, 1.165) is 5.56 Å². The maximum absolute atomic E-state index is 10.7. The molecule has 0 radical (unpaired) electrons. The molecule has 0 atom stereocenters. The largest absolute Gasteiger partial charge is 0.508 e. The van der Waals surface area contributed by atoms with Crippen LogP contribution in [-0.4, -0.2) is 5.11 Å². The van der Waals surface area contributed by atoms with E-state index >= 15 is 0 Å². The summed E-state index contributed by atoms with van der Waals surface area (Å²) in [6.07, 6.45) is 0. The fraction of sp³-hybridized carbons (Fsp3) is 0.280. The average molecular weight is 344 g/mol. The van der Waals surface area contributed by atoms with Gasteiger partial charge in [-0.15, -0.1) is 0 Å². The first-order valence-corrected chi connectivity index (χ1v) is 9.24. The molecule has 3 aromatic rings. The van der Waals surface area contributed by atoms with Crippen molar-refractivity contribution >= 4 is 0 Å². The molecule has 3 rings (SSSR count). The van der Waals surface area contributed by atoms with Crippen molar-refractivity contribution in [1.82, 2.24) is 0 Å². The van der Waals surface area contributed by atoms with Crippen LogP contribution in [0.1, 0.15) is 50.3 Å². The quantitative estimate of drug-likeness (QED) is 0.565. The van der Waals surface area contributed by atoms with Crippen LogP contribution in [0.25, 0.3) is 0 Å². The van der Waals surface area contributed by atoms with E-state index in [-0.39, 0.29) is 16.7 Å². The van der Waals surface area contributed by atoms with Gasteiger partial charge in [0.1, 0.15) is 5.75 Å². The van der Waals surface area contributed by atoms with Crippen LogP contribution >= 0.6 is 0 Å². The van der Waals surface area contributed by atoms with Crippen LogP contribution in [0.4, 0.5) is 0 Å². The molecule has 0 aliphatic heterocycles. The van der Waals surface area contributed by atoms with Crippen molar-refractivity contribution in [2.45, 2.75) is 44.4 Å². The first kappa shape index (κ1) is 18.3. The maximum Gasteiger partial charge on any atom is 0.119 e. The Kier molecular flexibility index (Phi) is 4.91. The minimum Gasteiger partial charge on any atom is -0.508 e. The van der Waals surface area contributed by atoms with Crippen molar-refractivity contribution in [1.29, 1.82) is 0 Å². The summed E-state index contributed by atoms with van der Waals surface area (Å²) in [5.41, 5.74) is 3.21. The smallest absolute Gasteiger partial charge is 0.119 e. The first-order chi connectivity index (χ1) is 12.3. The molecule has 0 unspecified atom stereocenters. The van der Waals surface area contributed by atoms with Crippen molar-refractivity contribution in [3.8, 4) is 5.75 Å². The molecule has 0 spiro atoms. The van der Waals surface area contributed by atoms with E-state index in [9.17, 15) is 5.11 Å². The molecule has 1 N–H and O–H groups in total. The molecule has 1 nitrogen and oxygen atoms in total. The molecule has 1 heteroatoms. The molecule has 3 aromatic carbocycles. The van der Waals surface area contributed by atoms with Crippen molar-refractivity contribution in [3.63, 3.8) is 0 Å². The highest BCUT2D eigenvalue weighted by Crippen LogP contribution is 2.52. The monoisotopic (exact) mass is 344 g/mol. The summed E-state index contributed by atoms with van der Waals surface area (Å²) in [7, 11) is 0. The van der Waals surface area contributed by atoms with Crippen LogP contribution in [0.15, 0.2) is 84.9 Å². The van der Waals surface area contributed by atoms with Gasteiger partial charge in [0.2, 0.25) is 0 Å². The lowest BCUT2D eigenvalue weighted by Crippen LogP contribution is -2.40. The molecule has 0 saturated carbocycles. The maximum atomic E-state index is 10.7. The Morgan fingerprint density at radius 3 is 1.38 bits per heavy atom. The van der Waals surface area contributed by atoms with Crippen LogP contribution in [0.5, 0.6) is 5.75 Å². The molecule has 0 amide bonds. The van der Waals surface area contributed by atoms with E-state index in [1.54, 1.807) is 6.07 Å². The van der Waals surface area contributed by atoms with Crippen LogP contribution in [-0.2, 0) is 10.8 Å². The highest BCUT2D eigenvalue weighted by molar-refractivity contribution is 5.45. The van der Waals surface area contributed by atoms with Gasteiger partial charge in [-0.05, 0) is 33.6 Å². The van der Waals surface area contributed by atoms with Crippen LogP contribution in [0.2, 0.25) is 0 Å². The number of phenols is 1. The van der Waals surface area contributed by atoms with Gasteiger partial charge in [0.05, 0.1) is 0 Å². The van der Waals surface area contributed by atoms with Gasteiger partial charge < -0.3 is 5.11 Å². The number of benzene rings is 3. The number of hydrogen-bond donors (Lipinski definition) is 1. The topological polar surface area (TPSA) is 20.2 Å². The molecular weight excluding hydrogens is 316 g/mol. The van der Waals surface area contributed by atoms with Gasteiger partial charge in [-0.3, -0.25) is 0 Å². The molecule has 0 saturated heterocycles. The standard InChI is InChI=1S/C25H28O/c1-24(2,19-13-7-5-8-14-19)23(21-17-11-12-18-22(21)26)25(3,4)20-15-9-6-10-16-20/h5-18,23,26H,1-4H3. The average Bonchev–Trinajstić information content (AvgIpc) is 2.65. The summed E-state index contributed by atoms with van der Waals surface area (Å²) in [5, 5.41) is 10.7. The van der Waals surface area contributed by atoms with Gasteiger partial charge in [0.15, 0.2) is 0 Å². The molecule has 0 aromatic heterocycles. The molecule has 0 heterocycles. The summed E-state index contributed by atoms with van der Waals surface area (Å²) in [6.45, 7) is 9.13. The van der Waals surface area contributed by atoms with Gasteiger partial charge in [0.25, 0.3) is 0 Å². The minimum atomic E-state index is -0.167. The van der Waals surface area contributed by atoms with Crippen molar-refractivity contribution < 1.29 is 5.11 Å². The normalized spacial score (nSPS) is 12.3. The lowest BCUT2D eigenvalue weighted by atomic mass is 9.57. The predicted octanol–water partition coefficient (Wildman–Crippen LogP) is 6.43. The number of rotatable bonds is 5. The second-order valence-corrected chi connectivity index (χ2v) is 8.17. The molecule has 0 bridgehead atoms. The Morgan fingerprint density at radius 1 is 0.577 bits per heavy atom. The minimum absolute atomic E-state index is 0.0981. The summed E-state index contributed by atoms with van der Waals surface area (Å²) in [6, 6.07) is 29.0. The van der Waals surface area contributed by atoms with Gasteiger partial charge in [-0.1, -0.05) is 107 Å². The molecule has 0 aliphatic carbocycles. The second kappa shape index (κ2) is 6.99. The van der Waals surface area contributed by atoms with Gasteiger partial charge >= 0.3 is 0 Å². The van der Waals surface area contributed by atoms with E-state index < -0.39 is 0 Å². The Balaban J connectivity index is 2.23. The summed E-state index contributed by atoms with van der Waals surface area (Å²) in [5.74, 6) is 0.464. The second-order valence-electron chi connectivity index (χ2n) is 8.17. The van der Waals surface area contributed by atoms with E-state index in [1.165, 1.54) is 11.1 Å². The number of aromatic hydroxyl groups is 1. The Labute approximate surface area is 157 Å². The SMILES string of the molecule is CC(C)(c1ccccc1)C(c1ccccc1O)C(C)(C)c1ccccc1. The predicted molar refractivity (Wildman–Crippen MR) is 110 cm³/mol. The zero-order chi connectivity index (χ0) is 18.8. The van der Waals surface area contributed by atoms with E-state index in [4.69, 9.17) is 0 Å². The number of hydrogen-bond acceptors (Lipinski definition) is 1. The number of phenolic OH excluding ortho intramolecular Hbond substituents is 1. The van der Waals surface area contributed by atoms with Gasteiger partial charge in [-0.2, -0.15) is 0 Å². The molecular formula is C25H28O. The van der Waals surface area contributed by atoms with E-state index in [2.05, 4.69) is 94.4 Å². The van der Waals surface area contributed by atoms with Crippen molar-refractivity contribution in [3.05, 3.63) is 102 Å². The third kappa shape index (κ3) is 3.26. The summed E-state index contributed by atoms with van der Waals surface area (Å²) in [4.78, 5) is 0.